The van der Waals surface area contributed by atoms with Crippen LogP contribution in [-0.4, -0.2) is 13.1 Å². The highest BCUT2D eigenvalue weighted by atomic mass is 35.5. The van der Waals surface area contributed by atoms with E-state index >= 15 is 0 Å². The van der Waals surface area contributed by atoms with Gasteiger partial charge >= 0.3 is 0 Å². The van der Waals surface area contributed by atoms with E-state index in [0.717, 1.165) is 31.5 Å². The van der Waals surface area contributed by atoms with E-state index in [1.54, 1.807) is 6.07 Å². The number of nitrogens with one attached hydrogen (secondary N) is 1. The molecule has 0 amide bonds. The molecule has 0 aliphatic heterocycles. The van der Waals surface area contributed by atoms with Crippen molar-refractivity contribution in [1.82, 2.24) is 5.32 Å². The van der Waals surface area contributed by atoms with Crippen molar-refractivity contribution in [3.63, 3.8) is 0 Å². The number of hydrogen-bond donors (Lipinski definition) is 1. The molecule has 0 saturated heterocycles. The van der Waals surface area contributed by atoms with Gasteiger partial charge in [0.05, 0.1) is 5.02 Å². The molecule has 0 saturated carbocycles. The van der Waals surface area contributed by atoms with Crippen LogP contribution in [0.25, 0.3) is 0 Å². The maximum absolute atomic E-state index is 13.0. The molecular weight excluding hydrogens is 249 g/mol. The summed E-state index contributed by atoms with van der Waals surface area (Å²) in [5.41, 5.74) is 1.11. The van der Waals surface area contributed by atoms with Gasteiger partial charge in [-0.05, 0) is 55.5 Å². The Morgan fingerprint density at radius 1 is 1.22 bits per heavy atom. The summed E-state index contributed by atoms with van der Waals surface area (Å²) in [6, 6.07) is 4.99. The lowest BCUT2D eigenvalue weighted by Gasteiger charge is -2.14. The van der Waals surface area contributed by atoms with Crippen molar-refractivity contribution < 1.29 is 4.39 Å². The molecule has 0 heterocycles. The average molecular weight is 272 g/mol. The monoisotopic (exact) mass is 271 g/mol. The number of rotatable bonds is 7. The van der Waals surface area contributed by atoms with E-state index in [1.807, 2.05) is 6.07 Å². The lowest BCUT2D eigenvalue weighted by atomic mass is 10.0. The lowest BCUT2D eigenvalue weighted by molar-refractivity contribution is 0.454. The Bertz CT molecular complexity index is 366. The van der Waals surface area contributed by atoms with Crippen LogP contribution in [-0.2, 0) is 6.42 Å². The molecule has 0 spiro atoms. The molecule has 1 rings (SSSR count). The smallest absolute Gasteiger partial charge is 0.141 e. The number of benzene rings is 1. The Kier molecular flexibility index (Phi) is 6.66. The van der Waals surface area contributed by atoms with Gasteiger partial charge in [0.2, 0.25) is 0 Å². The topological polar surface area (TPSA) is 12.0 Å². The van der Waals surface area contributed by atoms with Crippen molar-refractivity contribution in [1.29, 1.82) is 0 Å². The first kappa shape index (κ1) is 15.5. The van der Waals surface area contributed by atoms with E-state index in [1.165, 1.54) is 6.07 Å². The Morgan fingerprint density at radius 3 is 2.56 bits per heavy atom. The van der Waals surface area contributed by atoms with Crippen molar-refractivity contribution in [2.75, 3.05) is 13.1 Å². The van der Waals surface area contributed by atoms with Gasteiger partial charge in [-0.3, -0.25) is 0 Å². The summed E-state index contributed by atoms with van der Waals surface area (Å²) < 4.78 is 13.0. The van der Waals surface area contributed by atoms with Crippen molar-refractivity contribution >= 4 is 11.6 Å². The molecule has 0 aliphatic carbocycles. The fourth-order valence-electron chi connectivity index (χ4n) is 1.83. The zero-order valence-corrected chi connectivity index (χ0v) is 12.2. The predicted molar refractivity (Wildman–Crippen MR) is 76.6 cm³/mol. The van der Waals surface area contributed by atoms with E-state index in [-0.39, 0.29) is 10.8 Å². The van der Waals surface area contributed by atoms with E-state index in [0.29, 0.717) is 11.8 Å². The van der Waals surface area contributed by atoms with Gasteiger partial charge < -0.3 is 5.32 Å². The van der Waals surface area contributed by atoms with Gasteiger partial charge in [-0.1, -0.05) is 38.4 Å². The number of aryl methyl sites for hydroxylation is 1. The lowest BCUT2D eigenvalue weighted by Crippen LogP contribution is -2.25. The maximum atomic E-state index is 13.0. The van der Waals surface area contributed by atoms with Crippen LogP contribution in [0, 0.1) is 17.7 Å². The van der Waals surface area contributed by atoms with Crippen molar-refractivity contribution in [3.05, 3.63) is 34.6 Å². The molecule has 0 radical (unpaired) electrons. The van der Waals surface area contributed by atoms with Crippen molar-refractivity contribution in [2.24, 2.45) is 11.8 Å². The second-order valence-electron chi connectivity index (χ2n) is 5.44. The molecule has 102 valence electrons. The second kappa shape index (κ2) is 7.75. The van der Waals surface area contributed by atoms with Crippen LogP contribution in [0.1, 0.15) is 32.8 Å². The highest BCUT2D eigenvalue weighted by Gasteiger charge is 2.05. The van der Waals surface area contributed by atoms with Crippen LogP contribution in [0.5, 0.6) is 0 Å². The minimum absolute atomic E-state index is 0.220. The van der Waals surface area contributed by atoms with E-state index in [2.05, 4.69) is 26.1 Å². The zero-order chi connectivity index (χ0) is 13.5. The third-order valence-corrected chi connectivity index (χ3v) is 3.24. The summed E-state index contributed by atoms with van der Waals surface area (Å²) in [5.74, 6) is 0.966. The molecule has 1 unspecified atom stereocenters. The standard InChI is InChI=1S/C15H23ClFN/c1-11(2)9-18-10-12(3)4-5-13-6-7-15(17)14(16)8-13/h6-8,11-12,18H,4-5,9-10H2,1-3H3. The molecule has 3 heteroatoms. The van der Waals surface area contributed by atoms with Crippen LogP contribution in [0.2, 0.25) is 5.02 Å². The third kappa shape index (κ3) is 5.83. The summed E-state index contributed by atoms with van der Waals surface area (Å²) in [7, 11) is 0. The Hall–Kier alpha value is -0.600. The molecule has 1 aromatic rings. The van der Waals surface area contributed by atoms with Gasteiger partial charge in [0, 0.05) is 0 Å². The molecule has 1 atom stereocenters. The fourth-order valence-corrected chi connectivity index (χ4v) is 2.03. The average Bonchev–Trinajstić information content (AvgIpc) is 2.30. The Morgan fingerprint density at radius 2 is 1.94 bits per heavy atom. The third-order valence-electron chi connectivity index (χ3n) is 2.96. The minimum Gasteiger partial charge on any atom is -0.316 e. The summed E-state index contributed by atoms with van der Waals surface area (Å²) in [6.07, 6.45) is 2.04. The first-order chi connectivity index (χ1) is 8.49. The highest BCUT2D eigenvalue weighted by molar-refractivity contribution is 6.30. The maximum Gasteiger partial charge on any atom is 0.141 e. The van der Waals surface area contributed by atoms with Crippen LogP contribution >= 0.6 is 11.6 Å². The highest BCUT2D eigenvalue weighted by Crippen LogP contribution is 2.18. The summed E-state index contributed by atoms with van der Waals surface area (Å²) >= 11 is 5.76. The van der Waals surface area contributed by atoms with Crippen LogP contribution in [0.15, 0.2) is 18.2 Å². The Labute approximate surface area is 115 Å². The van der Waals surface area contributed by atoms with Gasteiger partial charge in [-0.25, -0.2) is 4.39 Å². The molecule has 0 bridgehead atoms. The van der Waals surface area contributed by atoms with E-state index in [4.69, 9.17) is 11.6 Å². The van der Waals surface area contributed by atoms with E-state index in [9.17, 15) is 4.39 Å². The summed E-state index contributed by atoms with van der Waals surface area (Å²) in [6.45, 7) is 8.74. The largest absolute Gasteiger partial charge is 0.316 e. The van der Waals surface area contributed by atoms with Crippen LogP contribution in [0.3, 0.4) is 0 Å². The molecule has 1 aromatic carbocycles. The molecule has 1 nitrogen and oxygen atoms in total. The van der Waals surface area contributed by atoms with Crippen LogP contribution in [0.4, 0.5) is 4.39 Å². The van der Waals surface area contributed by atoms with Gasteiger partial charge in [0.25, 0.3) is 0 Å². The van der Waals surface area contributed by atoms with Gasteiger partial charge in [0.15, 0.2) is 0 Å². The first-order valence-corrected chi connectivity index (χ1v) is 7.01. The number of halogens is 2. The van der Waals surface area contributed by atoms with Crippen LogP contribution < -0.4 is 5.32 Å². The molecule has 0 fully saturated rings. The fraction of sp³-hybridized carbons (Fsp3) is 0.600. The first-order valence-electron chi connectivity index (χ1n) is 6.63. The summed E-state index contributed by atoms with van der Waals surface area (Å²) in [5, 5.41) is 3.68. The van der Waals surface area contributed by atoms with Gasteiger partial charge in [-0.2, -0.15) is 0 Å². The quantitative estimate of drug-likeness (QED) is 0.780. The van der Waals surface area contributed by atoms with Gasteiger partial charge in [0.1, 0.15) is 5.82 Å². The normalized spacial score (nSPS) is 13.0. The molecule has 0 aromatic heterocycles. The Balaban J connectivity index is 2.29. The second-order valence-corrected chi connectivity index (χ2v) is 5.85. The number of hydrogen-bond acceptors (Lipinski definition) is 1. The van der Waals surface area contributed by atoms with Crippen molar-refractivity contribution in [2.45, 2.75) is 33.6 Å². The van der Waals surface area contributed by atoms with Gasteiger partial charge in [-0.15, -0.1) is 0 Å². The van der Waals surface area contributed by atoms with Crippen molar-refractivity contribution in [3.8, 4) is 0 Å². The van der Waals surface area contributed by atoms with E-state index < -0.39 is 0 Å². The molecule has 0 aliphatic rings. The molecule has 18 heavy (non-hydrogen) atoms. The minimum atomic E-state index is -0.341. The summed E-state index contributed by atoms with van der Waals surface area (Å²) in [4.78, 5) is 0. The molecule has 1 N–H and O–H groups in total. The zero-order valence-electron chi connectivity index (χ0n) is 11.5. The molecular formula is C15H23ClFN. The predicted octanol–water partition coefficient (Wildman–Crippen LogP) is 4.29. The SMILES string of the molecule is CC(C)CNCC(C)CCc1ccc(F)c(Cl)c1.